The maximum atomic E-state index is 13.1. The van der Waals surface area contributed by atoms with Gasteiger partial charge in [0.15, 0.2) is 5.69 Å². The van der Waals surface area contributed by atoms with Gasteiger partial charge in [-0.05, 0) is 61.0 Å². The Kier molecular flexibility index (Phi) is 12.5. The summed E-state index contributed by atoms with van der Waals surface area (Å²) in [4.78, 5) is 27.2. The molecule has 3 rings (SSSR count). The van der Waals surface area contributed by atoms with Crippen molar-refractivity contribution in [2.75, 3.05) is 40.4 Å². The number of methoxy groups -OCH3 is 2. The van der Waals surface area contributed by atoms with Crippen LogP contribution in [0, 0.1) is 0 Å². The molecule has 0 bridgehead atoms. The standard InChI is InChI=1S/C28H36N4O5.K.H/c1-7-31(8-2)15-14-29-27(33)20-13-12-19(16-21(20)18(3)4)32-23(17-22(30-32)28(34)35)26-24(36-5)10-9-11-25(26)37-6;;/h9-13,16-18H,7-8,14-15H2,1-6H3,(H,29,33)(H,34,35);;/q;+1;-1. The van der Waals surface area contributed by atoms with Crippen molar-refractivity contribution in [2.24, 2.45) is 0 Å². The van der Waals surface area contributed by atoms with E-state index in [1.807, 2.05) is 19.9 Å². The van der Waals surface area contributed by atoms with Crippen molar-refractivity contribution in [3.8, 4) is 28.4 Å². The smallest absolute Gasteiger partial charge is 1.00 e. The van der Waals surface area contributed by atoms with Gasteiger partial charge in [-0.25, -0.2) is 9.48 Å². The number of benzene rings is 2. The van der Waals surface area contributed by atoms with Crippen molar-refractivity contribution < 1.29 is 77.0 Å². The third kappa shape index (κ3) is 7.25. The van der Waals surface area contributed by atoms with Crippen LogP contribution < -0.4 is 66.2 Å². The Morgan fingerprint density at radius 1 is 1.08 bits per heavy atom. The monoisotopic (exact) mass is 548 g/mol. The van der Waals surface area contributed by atoms with Crippen molar-refractivity contribution in [3.05, 3.63) is 59.3 Å². The van der Waals surface area contributed by atoms with Crippen LogP contribution in [0.5, 0.6) is 11.5 Å². The number of ether oxygens (including phenoxy) is 2. The van der Waals surface area contributed by atoms with E-state index in [1.54, 1.807) is 49.2 Å². The van der Waals surface area contributed by atoms with E-state index >= 15 is 0 Å². The van der Waals surface area contributed by atoms with Gasteiger partial charge in [-0.2, -0.15) is 5.10 Å². The average Bonchev–Trinajstić information content (AvgIpc) is 3.35. The number of aromatic nitrogens is 2. The minimum Gasteiger partial charge on any atom is -1.00 e. The first kappa shape index (κ1) is 32.0. The molecule has 0 aliphatic heterocycles. The van der Waals surface area contributed by atoms with Crippen molar-refractivity contribution in [1.82, 2.24) is 20.0 Å². The Hall–Kier alpha value is -2.21. The summed E-state index contributed by atoms with van der Waals surface area (Å²) in [5.41, 5.74) is 3.00. The van der Waals surface area contributed by atoms with Gasteiger partial charge in [0, 0.05) is 18.7 Å². The molecular weight excluding hydrogens is 511 g/mol. The number of hydrogen-bond acceptors (Lipinski definition) is 6. The number of amides is 1. The second-order valence-corrected chi connectivity index (χ2v) is 8.88. The van der Waals surface area contributed by atoms with E-state index < -0.39 is 5.97 Å². The van der Waals surface area contributed by atoms with Gasteiger partial charge in [0.25, 0.3) is 5.91 Å². The molecule has 1 heterocycles. The van der Waals surface area contributed by atoms with Crippen LogP contribution in [-0.4, -0.2) is 72.1 Å². The number of aromatic carboxylic acids is 1. The van der Waals surface area contributed by atoms with E-state index in [-0.39, 0.29) is 70.3 Å². The average molecular weight is 549 g/mol. The molecule has 1 aromatic heterocycles. The molecule has 0 fully saturated rings. The zero-order valence-electron chi connectivity index (χ0n) is 24.4. The summed E-state index contributed by atoms with van der Waals surface area (Å²) in [5.74, 6) is -0.207. The van der Waals surface area contributed by atoms with Crippen LogP contribution in [0.3, 0.4) is 0 Å². The van der Waals surface area contributed by atoms with Gasteiger partial charge in [0.2, 0.25) is 0 Å². The van der Waals surface area contributed by atoms with Crippen LogP contribution in [0.2, 0.25) is 0 Å². The first-order valence-electron chi connectivity index (χ1n) is 12.4. The van der Waals surface area contributed by atoms with Gasteiger partial charge in [0.1, 0.15) is 11.5 Å². The molecule has 0 aliphatic carbocycles. The van der Waals surface area contributed by atoms with E-state index in [4.69, 9.17) is 9.47 Å². The molecule has 0 spiro atoms. The molecule has 9 nitrogen and oxygen atoms in total. The maximum absolute atomic E-state index is 13.1. The molecule has 0 saturated carbocycles. The number of carbonyl (C=O) groups is 2. The normalized spacial score (nSPS) is 10.8. The van der Waals surface area contributed by atoms with E-state index in [0.29, 0.717) is 40.6 Å². The molecule has 1 amide bonds. The fourth-order valence-corrected chi connectivity index (χ4v) is 4.29. The molecule has 2 N–H and O–H groups in total. The van der Waals surface area contributed by atoms with E-state index in [2.05, 4.69) is 29.2 Å². The van der Waals surface area contributed by atoms with E-state index in [9.17, 15) is 14.7 Å². The van der Waals surface area contributed by atoms with Crippen molar-refractivity contribution in [2.45, 2.75) is 33.6 Å². The third-order valence-electron chi connectivity index (χ3n) is 6.37. The molecule has 3 aromatic rings. The second kappa shape index (κ2) is 14.8. The summed E-state index contributed by atoms with van der Waals surface area (Å²) in [6.45, 7) is 11.4. The van der Waals surface area contributed by atoms with E-state index in [1.165, 1.54) is 6.07 Å². The summed E-state index contributed by atoms with van der Waals surface area (Å²) in [6, 6.07) is 12.3. The fraction of sp³-hybridized carbons (Fsp3) is 0.393. The molecule has 0 unspecified atom stereocenters. The number of carbonyl (C=O) groups excluding carboxylic acids is 1. The number of hydrogen-bond donors (Lipinski definition) is 2. The SMILES string of the molecule is CCN(CC)CCNC(=O)c1ccc(-n2nc(C(=O)O)cc2-c2c(OC)cccc2OC)cc1C(C)C.[H-].[K+]. The number of carboxylic acids is 1. The van der Waals surface area contributed by atoms with E-state index in [0.717, 1.165) is 25.2 Å². The van der Waals surface area contributed by atoms with Gasteiger partial charge in [-0.3, -0.25) is 4.79 Å². The molecule has 0 saturated heterocycles. The summed E-state index contributed by atoms with van der Waals surface area (Å²) < 4.78 is 12.7. The summed E-state index contributed by atoms with van der Waals surface area (Å²) in [5, 5.41) is 17.1. The number of likely N-dealkylation sites (N-methyl/N-ethyl adjacent to an activating group) is 1. The largest absolute Gasteiger partial charge is 1.00 e. The molecule has 0 atom stereocenters. The van der Waals surface area contributed by atoms with Gasteiger partial charge in [-0.1, -0.05) is 33.8 Å². The molecule has 200 valence electrons. The van der Waals surface area contributed by atoms with Gasteiger partial charge in [0.05, 0.1) is 31.2 Å². The fourth-order valence-electron chi connectivity index (χ4n) is 4.29. The predicted molar refractivity (Wildman–Crippen MR) is 144 cm³/mol. The first-order valence-corrected chi connectivity index (χ1v) is 12.4. The van der Waals surface area contributed by atoms with Gasteiger partial charge >= 0.3 is 57.4 Å². The molecular formula is C28H37KN4O5. The zero-order valence-corrected chi connectivity index (χ0v) is 26.5. The summed E-state index contributed by atoms with van der Waals surface area (Å²) >= 11 is 0. The van der Waals surface area contributed by atoms with Crippen LogP contribution in [-0.2, 0) is 0 Å². The molecule has 10 heteroatoms. The third-order valence-corrected chi connectivity index (χ3v) is 6.37. The number of nitrogens with zero attached hydrogens (tertiary/aromatic N) is 3. The van der Waals surface area contributed by atoms with Crippen LogP contribution in [0.15, 0.2) is 42.5 Å². The van der Waals surface area contributed by atoms with Crippen LogP contribution in [0.4, 0.5) is 0 Å². The van der Waals surface area contributed by atoms with Crippen molar-refractivity contribution in [3.63, 3.8) is 0 Å². The molecule has 38 heavy (non-hydrogen) atoms. The predicted octanol–water partition coefficient (Wildman–Crippen LogP) is 1.57. The minimum absolute atomic E-state index is 0. The number of rotatable bonds is 12. The Balaban J connectivity index is 0.00000380. The molecule has 2 aromatic carbocycles. The van der Waals surface area contributed by atoms with Crippen LogP contribution in [0.1, 0.15) is 61.4 Å². The summed E-state index contributed by atoms with van der Waals surface area (Å²) in [7, 11) is 3.09. The Bertz CT molecular complexity index is 1240. The Morgan fingerprint density at radius 2 is 1.71 bits per heavy atom. The maximum Gasteiger partial charge on any atom is 1.00 e. The Morgan fingerprint density at radius 3 is 2.24 bits per heavy atom. The number of nitrogens with one attached hydrogen (secondary N) is 1. The topological polar surface area (TPSA) is 106 Å². The van der Waals surface area contributed by atoms with Gasteiger partial charge < -0.3 is 26.2 Å². The summed E-state index contributed by atoms with van der Waals surface area (Å²) in [6.07, 6.45) is 0. The van der Waals surface area contributed by atoms with Crippen molar-refractivity contribution in [1.29, 1.82) is 0 Å². The van der Waals surface area contributed by atoms with Crippen molar-refractivity contribution >= 4 is 11.9 Å². The number of carboxylic acid groups (broad SMARTS) is 1. The van der Waals surface area contributed by atoms with Crippen LogP contribution in [0.25, 0.3) is 16.9 Å². The van der Waals surface area contributed by atoms with Crippen LogP contribution >= 0.6 is 0 Å². The Labute approximate surface area is 268 Å². The molecule has 0 radical (unpaired) electrons. The minimum atomic E-state index is -1.15. The zero-order chi connectivity index (χ0) is 27.1. The quantitative estimate of drug-likeness (QED) is 0.331. The first-order chi connectivity index (χ1) is 17.7. The van der Waals surface area contributed by atoms with Gasteiger partial charge in [-0.15, -0.1) is 0 Å². The molecule has 0 aliphatic rings. The second-order valence-electron chi connectivity index (χ2n) is 8.88.